The van der Waals surface area contributed by atoms with Crippen LogP contribution < -0.4 is 0 Å². The van der Waals surface area contributed by atoms with Gasteiger partial charge in [-0.05, 0) is 12.3 Å². The fraction of sp³-hybridized carbons (Fsp3) is 0.833. The zero-order valence-corrected chi connectivity index (χ0v) is 9.64. The van der Waals surface area contributed by atoms with Crippen molar-refractivity contribution in [3.8, 4) is 0 Å². The minimum Gasteiger partial charge on any atom is -0.291 e. The average Bonchev–Trinajstić information content (AvgIpc) is 2.21. The van der Waals surface area contributed by atoms with Crippen molar-refractivity contribution in [1.82, 2.24) is 0 Å². The molecule has 14 heavy (non-hydrogen) atoms. The first-order chi connectivity index (χ1) is 6.65. The molecule has 0 unspecified atom stereocenters. The Balaban J connectivity index is 3.87. The van der Waals surface area contributed by atoms with Gasteiger partial charge in [-0.3, -0.25) is 9.59 Å². The lowest BCUT2D eigenvalue weighted by molar-refractivity contribution is -0.137. The number of hydrogen-bond acceptors (Lipinski definition) is 2. The van der Waals surface area contributed by atoms with E-state index in [0.29, 0.717) is 18.8 Å². The van der Waals surface area contributed by atoms with Crippen molar-refractivity contribution in [3.63, 3.8) is 0 Å². The Hall–Kier alpha value is -0.660. The number of rotatable bonds is 8. The molecule has 0 aliphatic carbocycles. The highest BCUT2D eigenvalue weighted by molar-refractivity contribution is 6.37. The zero-order valence-electron chi connectivity index (χ0n) is 9.64. The summed E-state index contributed by atoms with van der Waals surface area (Å²) in [4.78, 5) is 22.7. The Morgan fingerprint density at radius 3 is 2.00 bits per heavy atom. The summed E-state index contributed by atoms with van der Waals surface area (Å²) < 4.78 is 0. The van der Waals surface area contributed by atoms with E-state index in [1.165, 1.54) is 0 Å². The first-order valence-electron chi connectivity index (χ1n) is 5.71. The molecule has 82 valence electrons. The first kappa shape index (κ1) is 13.3. The quantitative estimate of drug-likeness (QED) is 0.561. The second kappa shape index (κ2) is 7.72. The maximum Gasteiger partial charge on any atom is 0.198 e. The molecule has 0 N–H and O–H groups in total. The third kappa shape index (κ3) is 5.15. The number of ketones is 2. The van der Waals surface area contributed by atoms with Gasteiger partial charge in [-0.15, -0.1) is 0 Å². The Bertz CT molecular complexity index is 181. The van der Waals surface area contributed by atoms with Crippen molar-refractivity contribution >= 4 is 11.6 Å². The summed E-state index contributed by atoms with van der Waals surface area (Å²) in [7, 11) is 0. The van der Waals surface area contributed by atoms with Crippen LogP contribution in [0, 0.1) is 5.92 Å². The van der Waals surface area contributed by atoms with Crippen LogP contribution in [0.2, 0.25) is 0 Å². The highest BCUT2D eigenvalue weighted by Crippen LogP contribution is 2.13. The van der Waals surface area contributed by atoms with Crippen LogP contribution in [0.3, 0.4) is 0 Å². The fourth-order valence-electron chi connectivity index (χ4n) is 1.43. The maximum absolute atomic E-state index is 11.4. The van der Waals surface area contributed by atoms with Gasteiger partial charge in [0.2, 0.25) is 0 Å². The average molecular weight is 198 g/mol. The minimum absolute atomic E-state index is 0.160. The van der Waals surface area contributed by atoms with E-state index in [1.54, 1.807) is 0 Å². The molecule has 0 aliphatic rings. The van der Waals surface area contributed by atoms with Gasteiger partial charge in [-0.1, -0.05) is 40.0 Å². The van der Waals surface area contributed by atoms with Crippen LogP contribution in [-0.2, 0) is 9.59 Å². The maximum atomic E-state index is 11.4. The SMILES string of the molecule is CCCCC(=O)C(=O)CC(CC)CC. The molecule has 0 bridgehead atoms. The summed E-state index contributed by atoms with van der Waals surface area (Å²) in [5.41, 5.74) is 0. The molecule has 2 heteroatoms. The number of carbonyl (C=O) groups is 2. The van der Waals surface area contributed by atoms with E-state index < -0.39 is 0 Å². The van der Waals surface area contributed by atoms with E-state index in [0.717, 1.165) is 25.7 Å². The molecule has 0 radical (unpaired) electrons. The molecule has 0 rings (SSSR count). The molecule has 0 aromatic carbocycles. The molecule has 0 fully saturated rings. The van der Waals surface area contributed by atoms with E-state index >= 15 is 0 Å². The van der Waals surface area contributed by atoms with E-state index in [4.69, 9.17) is 0 Å². The number of hydrogen-bond donors (Lipinski definition) is 0. The summed E-state index contributed by atoms with van der Waals surface area (Å²) >= 11 is 0. The van der Waals surface area contributed by atoms with Crippen LogP contribution in [0.15, 0.2) is 0 Å². The van der Waals surface area contributed by atoms with E-state index in [1.807, 2.05) is 6.92 Å². The summed E-state index contributed by atoms with van der Waals surface area (Å²) in [6.07, 6.45) is 4.69. The van der Waals surface area contributed by atoms with Crippen LogP contribution in [0.1, 0.15) is 59.3 Å². The molecule has 2 nitrogen and oxygen atoms in total. The van der Waals surface area contributed by atoms with Gasteiger partial charge in [0.05, 0.1) is 0 Å². The lowest BCUT2D eigenvalue weighted by atomic mass is 9.94. The predicted octanol–water partition coefficient (Wildman–Crippen LogP) is 3.14. The van der Waals surface area contributed by atoms with E-state index in [9.17, 15) is 9.59 Å². The van der Waals surface area contributed by atoms with Crippen LogP contribution in [-0.4, -0.2) is 11.6 Å². The molecule has 0 atom stereocenters. The molecule has 0 aliphatic heterocycles. The summed E-state index contributed by atoms with van der Waals surface area (Å²) in [6, 6.07) is 0. The van der Waals surface area contributed by atoms with E-state index in [2.05, 4.69) is 13.8 Å². The van der Waals surface area contributed by atoms with Gasteiger partial charge >= 0.3 is 0 Å². The van der Waals surface area contributed by atoms with Gasteiger partial charge in [0.25, 0.3) is 0 Å². The Morgan fingerprint density at radius 1 is 1.00 bits per heavy atom. The standard InChI is InChI=1S/C12H22O2/c1-4-7-8-11(13)12(14)9-10(5-2)6-3/h10H,4-9H2,1-3H3. The van der Waals surface area contributed by atoms with Gasteiger partial charge in [-0.2, -0.15) is 0 Å². The molecule has 0 aromatic rings. The fourth-order valence-corrected chi connectivity index (χ4v) is 1.43. The van der Waals surface area contributed by atoms with Gasteiger partial charge in [0.1, 0.15) is 0 Å². The second-order valence-corrected chi connectivity index (χ2v) is 3.84. The Kier molecular flexibility index (Phi) is 7.35. The van der Waals surface area contributed by atoms with Crippen LogP contribution in [0.5, 0.6) is 0 Å². The number of Topliss-reactive ketones (excluding diaryl/α,β-unsaturated/α-hetero) is 2. The highest BCUT2D eigenvalue weighted by Gasteiger charge is 2.16. The Labute approximate surface area is 87.1 Å². The van der Waals surface area contributed by atoms with Crippen molar-refractivity contribution < 1.29 is 9.59 Å². The topological polar surface area (TPSA) is 34.1 Å². The van der Waals surface area contributed by atoms with Crippen molar-refractivity contribution in [2.45, 2.75) is 59.3 Å². The summed E-state index contributed by atoms with van der Waals surface area (Å²) in [5.74, 6) is 0.0685. The van der Waals surface area contributed by atoms with Crippen LogP contribution in [0.25, 0.3) is 0 Å². The summed E-state index contributed by atoms with van der Waals surface area (Å²) in [6.45, 7) is 6.16. The minimum atomic E-state index is -0.168. The van der Waals surface area contributed by atoms with Crippen molar-refractivity contribution in [2.75, 3.05) is 0 Å². The predicted molar refractivity (Wildman–Crippen MR) is 58.2 cm³/mol. The molecule has 0 saturated heterocycles. The van der Waals surface area contributed by atoms with Gasteiger partial charge in [-0.25, -0.2) is 0 Å². The van der Waals surface area contributed by atoms with E-state index in [-0.39, 0.29) is 11.6 Å². The zero-order chi connectivity index (χ0) is 11.0. The lowest BCUT2D eigenvalue weighted by Gasteiger charge is -2.09. The van der Waals surface area contributed by atoms with Crippen molar-refractivity contribution in [3.05, 3.63) is 0 Å². The number of carbonyl (C=O) groups excluding carboxylic acids is 2. The van der Waals surface area contributed by atoms with Crippen LogP contribution >= 0.6 is 0 Å². The molecular weight excluding hydrogens is 176 g/mol. The highest BCUT2D eigenvalue weighted by atomic mass is 16.2. The Morgan fingerprint density at radius 2 is 1.57 bits per heavy atom. The third-order valence-corrected chi connectivity index (χ3v) is 2.70. The lowest BCUT2D eigenvalue weighted by Crippen LogP contribution is -2.17. The number of unbranched alkanes of at least 4 members (excludes halogenated alkanes) is 1. The van der Waals surface area contributed by atoms with Crippen LogP contribution in [0.4, 0.5) is 0 Å². The first-order valence-corrected chi connectivity index (χ1v) is 5.71. The third-order valence-electron chi connectivity index (χ3n) is 2.70. The summed E-state index contributed by atoms with van der Waals surface area (Å²) in [5, 5.41) is 0. The molecule has 0 heterocycles. The monoisotopic (exact) mass is 198 g/mol. The second-order valence-electron chi connectivity index (χ2n) is 3.84. The molecule has 0 aromatic heterocycles. The van der Waals surface area contributed by atoms with Gasteiger partial charge < -0.3 is 0 Å². The molecule has 0 amide bonds. The van der Waals surface area contributed by atoms with Crippen molar-refractivity contribution in [1.29, 1.82) is 0 Å². The van der Waals surface area contributed by atoms with Crippen molar-refractivity contribution in [2.24, 2.45) is 5.92 Å². The molecule has 0 spiro atoms. The normalized spacial score (nSPS) is 10.6. The smallest absolute Gasteiger partial charge is 0.198 e. The largest absolute Gasteiger partial charge is 0.291 e. The molecular formula is C12H22O2. The molecule has 0 saturated carbocycles. The van der Waals surface area contributed by atoms with Gasteiger partial charge in [0.15, 0.2) is 11.6 Å². The van der Waals surface area contributed by atoms with Gasteiger partial charge in [0, 0.05) is 12.8 Å².